The number of nitrogens with one attached hydrogen (secondary N) is 2. The van der Waals surface area contributed by atoms with E-state index in [1.807, 2.05) is 30.3 Å². The number of carbonyl (C=O) groups is 2. The molecule has 1 aliphatic heterocycles. The van der Waals surface area contributed by atoms with Crippen LogP contribution in [0.5, 0.6) is 11.5 Å². The van der Waals surface area contributed by atoms with Crippen molar-refractivity contribution in [3.8, 4) is 11.5 Å². The fraction of sp³-hybridized carbons (Fsp3) is 0.259. The van der Waals surface area contributed by atoms with E-state index in [9.17, 15) is 9.59 Å². The second kappa shape index (κ2) is 10.2. The number of aromatic nitrogens is 2. The molecule has 3 aromatic rings. The monoisotopic (exact) mass is 500 g/mol. The number of nitrogens with zero attached hydrogens (tertiary/aromatic N) is 4. The number of anilines is 5. The van der Waals surface area contributed by atoms with Gasteiger partial charge in [-0.3, -0.25) is 14.6 Å². The van der Waals surface area contributed by atoms with Crippen molar-refractivity contribution in [2.24, 2.45) is 5.92 Å². The molecule has 1 aliphatic carbocycles. The summed E-state index contributed by atoms with van der Waals surface area (Å²) in [6.45, 7) is 4.38. The van der Waals surface area contributed by atoms with Gasteiger partial charge in [0.05, 0.1) is 37.8 Å². The second-order valence-electron chi connectivity index (χ2n) is 8.90. The Labute approximate surface area is 214 Å². The summed E-state index contributed by atoms with van der Waals surface area (Å²) in [6, 6.07) is 12.5. The van der Waals surface area contributed by atoms with Crippen LogP contribution in [0.1, 0.15) is 18.4 Å². The highest BCUT2D eigenvalue weighted by Crippen LogP contribution is 2.38. The average Bonchev–Trinajstić information content (AvgIpc) is 3.75. The summed E-state index contributed by atoms with van der Waals surface area (Å²) in [4.78, 5) is 38.3. The molecule has 1 saturated carbocycles. The van der Waals surface area contributed by atoms with E-state index >= 15 is 0 Å². The number of methoxy groups -OCH3 is 2. The van der Waals surface area contributed by atoms with E-state index < -0.39 is 0 Å². The van der Waals surface area contributed by atoms with Gasteiger partial charge in [0.1, 0.15) is 17.3 Å². The first-order chi connectivity index (χ1) is 18.0. The number of urea groups is 1. The minimum Gasteiger partial charge on any atom is -0.497 e. The predicted octanol–water partition coefficient (Wildman–Crippen LogP) is 4.72. The van der Waals surface area contributed by atoms with Gasteiger partial charge in [0.25, 0.3) is 0 Å². The Morgan fingerprint density at radius 2 is 1.84 bits per heavy atom. The average molecular weight is 501 g/mol. The predicted molar refractivity (Wildman–Crippen MR) is 142 cm³/mol. The summed E-state index contributed by atoms with van der Waals surface area (Å²) in [5.41, 5.74) is 2.68. The normalized spacial score (nSPS) is 14.6. The lowest BCUT2D eigenvalue weighted by molar-refractivity contribution is -0.111. The summed E-state index contributed by atoms with van der Waals surface area (Å²) < 4.78 is 10.8. The van der Waals surface area contributed by atoms with Crippen LogP contribution in [0.4, 0.5) is 33.6 Å². The van der Waals surface area contributed by atoms with E-state index in [2.05, 4.69) is 22.2 Å². The number of ether oxygens (including phenoxy) is 2. The third-order valence-electron chi connectivity index (χ3n) is 6.29. The molecule has 2 N–H and O–H groups in total. The molecule has 5 rings (SSSR count). The summed E-state index contributed by atoms with van der Waals surface area (Å²) >= 11 is 0. The third kappa shape index (κ3) is 5.18. The molecule has 0 bridgehead atoms. The molecule has 0 atom stereocenters. The van der Waals surface area contributed by atoms with Crippen molar-refractivity contribution in [3.05, 3.63) is 66.9 Å². The first kappa shape index (κ1) is 24.1. The highest BCUT2D eigenvalue weighted by Gasteiger charge is 2.37. The van der Waals surface area contributed by atoms with E-state index in [4.69, 9.17) is 14.5 Å². The van der Waals surface area contributed by atoms with Crippen LogP contribution in [-0.4, -0.2) is 42.7 Å². The first-order valence-electron chi connectivity index (χ1n) is 12.0. The van der Waals surface area contributed by atoms with Crippen LogP contribution < -0.4 is 29.9 Å². The quantitative estimate of drug-likeness (QED) is 0.409. The molecule has 3 amide bonds. The number of benzene rings is 2. The fourth-order valence-corrected chi connectivity index (χ4v) is 4.16. The molecule has 0 radical (unpaired) electrons. The molecule has 1 aromatic heterocycles. The van der Waals surface area contributed by atoms with Crippen LogP contribution in [-0.2, 0) is 11.3 Å². The maximum atomic E-state index is 13.8. The highest BCUT2D eigenvalue weighted by molar-refractivity contribution is 6.06. The van der Waals surface area contributed by atoms with Crippen LogP contribution in [0.2, 0.25) is 0 Å². The first-order valence-corrected chi connectivity index (χ1v) is 12.0. The van der Waals surface area contributed by atoms with Crippen LogP contribution in [0, 0.1) is 5.92 Å². The van der Waals surface area contributed by atoms with Crippen molar-refractivity contribution in [2.45, 2.75) is 19.4 Å². The topological polar surface area (TPSA) is 109 Å². The van der Waals surface area contributed by atoms with Crippen molar-refractivity contribution >= 4 is 40.8 Å². The minimum absolute atomic E-state index is 0.169. The zero-order valence-corrected chi connectivity index (χ0v) is 20.7. The number of carbonyl (C=O) groups excluding carboxylic acids is 2. The lowest BCUT2D eigenvalue weighted by Crippen LogP contribution is -2.48. The Hall–Kier alpha value is -4.60. The number of hydrogen-bond acceptors (Lipinski definition) is 7. The summed E-state index contributed by atoms with van der Waals surface area (Å²) in [7, 11) is 3.16. The van der Waals surface area contributed by atoms with Gasteiger partial charge in [-0.15, -0.1) is 0 Å². The molecule has 10 nitrogen and oxygen atoms in total. The van der Waals surface area contributed by atoms with Gasteiger partial charge in [0, 0.05) is 36.5 Å². The number of amides is 3. The molecule has 2 aromatic carbocycles. The van der Waals surface area contributed by atoms with Gasteiger partial charge in [-0.05, 0) is 37.0 Å². The van der Waals surface area contributed by atoms with Crippen molar-refractivity contribution in [1.82, 2.24) is 9.97 Å². The molecule has 190 valence electrons. The Kier molecular flexibility index (Phi) is 6.63. The molecule has 2 aliphatic rings. The van der Waals surface area contributed by atoms with Gasteiger partial charge in [-0.2, -0.15) is 4.98 Å². The Balaban J connectivity index is 1.48. The Bertz CT molecular complexity index is 1330. The number of rotatable bonds is 9. The van der Waals surface area contributed by atoms with Crippen LogP contribution in [0.25, 0.3) is 0 Å². The number of fused-ring (bicyclic) bond motifs is 1. The van der Waals surface area contributed by atoms with E-state index in [1.54, 1.807) is 42.3 Å². The fourth-order valence-electron chi connectivity index (χ4n) is 4.16. The molecule has 2 heterocycles. The number of hydrogen-bond donors (Lipinski definition) is 2. The van der Waals surface area contributed by atoms with Crippen molar-refractivity contribution < 1.29 is 19.1 Å². The molecule has 1 fully saturated rings. The van der Waals surface area contributed by atoms with Crippen LogP contribution in [0.3, 0.4) is 0 Å². The van der Waals surface area contributed by atoms with Gasteiger partial charge in [0.15, 0.2) is 0 Å². The van der Waals surface area contributed by atoms with Crippen LogP contribution in [0.15, 0.2) is 61.3 Å². The third-order valence-corrected chi connectivity index (χ3v) is 6.29. The highest BCUT2D eigenvalue weighted by atomic mass is 16.5. The largest absolute Gasteiger partial charge is 0.497 e. The zero-order chi connectivity index (χ0) is 25.9. The van der Waals surface area contributed by atoms with Gasteiger partial charge in [-0.1, -0.05) is 18.7 Å². The van der Waals surface area contributed by atoms with Crippen molar-refractivity contribution in [1.29, 1.82) is 0 Å². The van der Waals surface area contributed by atoms with E-state index in [0.717, 1.165) is 18.4 Å². The smallest absolute Gasteiger partial charge is 0.330 e. The molecular formula is C27H28N6O4. The van der Waals surface area contributed by atoms with Gasteiger partial charge >= 0.3 is 6.03 Å². The van der Waals surface area contributed by atoms with E-state index in [-0.39, 0.29) is 11.9 Å². The van der Waals surface area contributed by atoms with Crippen LogP contribution >= 0.6 is 0 Å². The SMILES string of the molecule is C=CC(=O)Nc1ccccc1Nc1ncc2c(n1)N(CC1CC1)C(=O)N(c1cc(OC)cc(OC)c1)C2. The molecule has 37 heavy (non-hydrogen) atoms. The lowest BCUT2D eigenvalue weighted by atomic mass is 10.1. The van der Waals surface area contributed by atoms with E-state index in [1.165, 1.54) is 6.08 Å². The second-order valence-corrected chi connectivity index (χ2v) is 8.90. The molecule has 0 saturated heterocycles. The number of para-hydroxylation sites is 2. The Morgan fingerprint density at radius 1 is 1.14 bits per heavy atom. The maximum absolute atomic E-state index is 13.8. The summed E-state index contributed by atoms with van der Waals surface area (Å²) in [5.74, 6) is 2.21. The Morgan fingerprint density at radius 3 is 2.49 bits per heavy atom. The summed E-state index contributed by atoms with van der Waals surface area (Å²) in [5, 5.41) is 5.94. The molecule has 0 unspecified atom stereocenters. The van der Waals surface area contributed by atoms with Crippen molar-refractivity contribution in [2.75, 3.05) is 41.2 Å². The molecule has 10 heteroatoms. The molecular weight excluding hydrogens is 472 g/mol. The van der Waals surface area contributed by atoms with Gasteiger partial charge in [-0.25, -0.2) is 9.78 Å². The van der Waals surface area contributed by atoms with E-state index in [0.29, 0.717) is 59.3 Å². The van der Waals surface area contributed by atoms with Crippen molar-refractivity contribution in [3.63, 3.8) is 0 Å². The molecule has 0 spiro atoms. The maximum Gasteiger partial charge on any atom is 0.330 e. The minimum atomic E-state index is -0.323. The lowest BCUT2D eigenvalue weighted by Gasteiger charge is -2.36. The summed E-state index contributed by atoms with van der Waals surface area (Å²) in [6.07, 6.45) is 5.10. The van der Waals surface area contributed by atoms with Gasteiger partial charge < -0.3 is 20.1 Å². The standard InChI is InChI=1S/C27H28N6O4/c1-4-24(34)29-22-7-5-6-8-23(22)30-26-28-14-18-16-32(19-11-20(36-2)13-21(12-19)37-3)27(35)33(25(18)31-26)15-17-9-10-17/h4-8,11-14,17H,1,9-10,15-16H2,2-3H3,(H,29,34)(H,28,30,31). The van der Waals surface area contributed by atoms with Gasteiger partial charge in [0.2, 0.25) is 11.9 Å². The zero-order valence-electron chi connectivity index (χ0n) is 20.7.